The lowest BCUT2D eigenvalue weighted by Crippen LogP contribution is -2.06. The monoisotopic (exact) mass is 557 g/mol. The van der Waals surface area contributed by atoms with Crippen molar-refractivity contribution in [3.63, 3.8) is 0 Å². The fourth-order valence-electron chi connectivity index (χ4n) is 3.83. The van der Waals surface area contributed by atoms with Gasteiger partial charge in [0.05, 0.1) is 47.3 Å². The first-order valence-electron chi connectivity index (χ1n) is 11.8. The normalized spacial score (nSPS) is 10.9. The number of hydrogen-bond donors (Lipinski definition) is 4. The van der Waals surface area contributed by atoms with Crippen LogP contribution in [0, 0.1) is 0 Å². The summed E-state index contributed by atoms with van der Waals surface area (Å²) in [5.74, 6) is -4.10. The van der Waals surface area contributed by atoms with Gasteiger partial charge in [-0.15, -0.1) is 10.2 Å². The van der Waals surface area contributed by atoms with Crippen LogP contribution in [-0.4, -0.2) is 79.9 Å². The molecule has 206 valence electrons. The van der Waals surface area contributed by atoms with E-state index in [2.05, 4.69) is 25.6 Å². The van der Waals surface area contributed by atoms with Crippen LogP contribution in [0.4, 0.5) is 0 Å². The molecule has 0 aliphatic heterocycles. The molecule has 0 aliphatic rings. The summed E-state index contributed by atoms with van der Waals surface area (Å²) in [6.07, 6.45) is 2.94. The Morgan fingerprint density at radius 1 is 0.732 bits per heavy atom. The number of carbonyl (C=O) groups is 3. The topological polar surface area (TPSA) is 216 Å². The Morgan fingerprint density at radius 3 is 1.59 bits per heavy atom. The Balaban J connectivity index is 1.53. The maximum absolute atomic E-state index is 12.6. The molecule has 5 rings (SSSR count). The van der Waals surface area contributed by atoms with Crippen molar-refractivity contribution >= 4 is 17.9 Å². The number of nitrogens with zero attached hydrogens (tertiary/aromatic N) is 7. The molecule has 0 amide bonds. The van der Waals surface area contributed by atoms with Gasteiger partial charge < -0.3 is 25.2 Å². The van der Waals surface area contributed by atoms with Crippen molar-refractivity contribution in [1.29, 1.82) is 0 Å². The molecule has 0 fully saturated rings. The molecule has 41 heavy (non-hydrogen) atoms. The van der Waals surface area contributed by atoms with Crippen LogP contribution in [-0.2, 0) is 4.74 Å². The molecular weight excluding hydrogens is 538 g/mol. The van der Waals surface area contributed by atoms with Gasteiger partial charge in [-0.3, -0.25) is 0 Å². The summed E-state index contributed by atoms with van der Waals surface area (Å²) in [4.78, 5) is 39.6. The van der Waals surface area contributed by atoms with Crippen molar-refractivity contribution in [3.8, 4) is 45.6 Å². The van der Waals surface area contributed by atoms with Crippen LogP contribution in [0.1, 0.15) is 38.0 Å². The second kappa shape index (κ2) is 10.6. The van der Waals surface area contributed by atoms with E-state index in [1.807, 2.05) is 0 Å². The second-order valence-electron chi connectivity index (χ2n) is 8.46. The average molecular weight is 557 g/mol. The highest BCUT2D eigenvalue weighted by Gasteiger charge is 2.19. The number of ether oxygens (including phenoxy) is 1. The zero-order valence-corrected chi connectivity index (χ0v) is 21.0. The minimum atomic E-state index is -1.29. The number of carboxylic acid groups (broad SMARTS) is 2. The van der Waals surface area contributed by atoms with Gasteiger partial charge in [-0.05, 0) is 43.3 Å². The Labute approximate surface area is 229 Å². The van der Waals surface area contributed by atoms with Crippen LogP contribution < -0.4 is 0 Å². The van der Waals surface area contributed by atoms with E-state index in [1.165, 1.54) is 70.3 Å². The highest BCUT2D eigenvalue weighted by molar-refractivity contribution is 5.92. The Hall–Kier alpha value is -6.12. The molecular formula is C26H19N7O8. The van der Waals surface area contributed by atoms with Gasteiger partial charge in [-0.1, -0.05) is 10.4 Å². The maximum atomic E-state index is 12.6. The average Bonchev–Trinajstić information content (AvgIpc) is 3.63. The number of aromatic hydroxyl groups is 2. The Kier molecular flexibility index (Phi) is 6.82. The first kappa shape index (κ1) is 26.5. The van der Waals surface area contributed by atoms with Gasteiger partial charge in [0.1, 0.15) is 34.0 Å². The van der Waals surface area contributed by atoms with Crippen molar-refractivity contribution in [2.45, 2.75) is 6.92 Å². The van der Waals surface area contributed by atoms with E-state index in [0.29, 0.717) is 11.4 Å². The fraction of sp³-hybridized carbons (Fsp3) is 0.0769. The van der Waals surface area contributed by atoms with E-state index in [9.17, 15) is 24.6 Å². The molecule has 0 atom stereocenters. The summed E-state index contributed by atoms with van der Waals surface area (Å²) in [5, 5.41) is 54.6. The predicted molar refractivity (Wildman–Crippen MR) is 138 cm³/mol. The molecule has 0 spiro atoms. The number of carboxylic acids is 2. The van der Waals surface area contributed by atoms with Crippen LogP contribution in [0.2, 0.25) is 0 Å². The largest absolute Gasteiger partial charge is 0.507 e. The van der Waals surface area contributed by atoms with Crippen molar-refractivity contribution in [3.05, 3.63) is 77.6 Å². The number of esters is 1. The zero-order chi connectivity index (χ0) is 29.3. The van der Waals surface area contributed by atoms with Gasteiger partial charge in [0.2, 0.25) is 0 Å². The van der Waals surface area contributed by atoms with Gasteiger partial charge in [-0.2, -0.15) is 0 Å². The van der Waals surface area contributed by atoms with Crippen LogP contribution in [0.15, 0.2) is 60.9 Å². The molecule has 0 unspecified atom stereocenters. The SMILES string of the molecule is CCOC(=O)c1cc(-c2cn(-c3ccc(C(=O)O)c(O)c3)nn2)nc(-c2cn(-c3ccc(C(=O)O)c(O)c3)nn2)c1. The molecule has 2 aromatic carbocycles. The Bertz CT molecular complexity index is 1710. The quantitative estimate of drug-likeness (QED) is 0.202. The summed E-state index contributed by atoms with van der Waals surface area (Å²) < 4.78 is 7.73. The summed E-state index contributed by atoms with van der Waals surface area (Å²) in [6.45, 7) is 1.79. The highest BCUT2D eigenvalue weighted by atomic mass is 16.5. The van der Waals surface area contributed by atoms with Crippen molar-refractivity contribution in [2.24, 2.45) is 0 Å². The molecule has 15 nitrogen and oxygen atoms in total. The minimum Gasteiger partial charge on any atom is -0.507 e. The number of hydrogen-bond acceptors (Lipinski definition) is 11. The lowest BCUT2D eigenvalue weighted by molar-refractivity contribution is 0.0525. The lowest BCUT2D eigenvalue weighted by atomic mass is 10.1. The van der Waals surface area contributed by atoms with Crippen molar-refractivity contribution in [1.82, 2.24) is 35.0 Å². The third-order valence-corrected chi connectivity index (χ3v) is 5.80. The van der Waals surface area contributed by atoms with E-state index in [4.69, 9.17) is 14.9 Å². The molecule has 3 aromatic heterocycles. The van der Waals surface area contributed by atoms with E-state index in [-0.39, 0.29) is 46.1 Å². The van der Waals surface area contributed by atoms with Gasteiger partial charge in [0, 0.05) is 12.1 Å². The fourth-order valence-corrected chi connectivity index (χ4v) is 3.83. The lowest BCUT2D eigenvalue weighted by Gasteiger charge is -2.06. The van der Waals surface area contributed by atoms with Crippen LogP contribution >= 0.6 is 0 Å². The number of phenols is 2. The van der Waals surface area contributed by atoms with E-state index >= 15 is 0 Å². The van der Waals surface area contributed by atoms with Gasteiger partial charge in [0.15, 0.2) is 0 Å². The molecule has 4 N–H and O–H groups in total. The minimum absolute atomic E-state index is 0.129. The summed E-state index contributed by atoms with van der Waals surface area (Å²) in [7, 11) is 0. The van der Waals surface area contributed by atoms with Crippen LogP contribution in [0.25, 0.3) is 34.2 Å². The van der Waals surface area contributed by atoms with E-state index < -0.39 is 29.4 Å². The number of pyridine rings is 1. The third kappa shape index (κ3) is 5.26. The molecule has 0 aliphatic carbocycles. The summed E-state index contributed by atoms with van der Waals surface area (Å²) in [6, 6.07) is 10.7. The van der Waals surface area contributed by atoms with Crippen molar-refractivity contribution in [2.75, 3.05) is 6.61 Å². The molecule has 0 saturated carbocycles. The molecule has 5 aromatic rings. The molecule has 15 heteroatoms. The van der Waals surface area contributed by atoms with Gasteiger partial charge >= 0.3 is 17.9 Å². The highest BCUT2D eigenvalue weighted by Crippen LogP contribution is 2.27. The summed E-state index contributed by atoms with van der Waals surface area (Å²) in [5.41, 5.74) is 1.17. The number of rotatable bonds is 8. The van der Waals surface area contributed by atoms with Crippen molar-refractivity contribution < 1.29 is 39.5 Å². The molecule has 0 saturated heterocycles. The number of benzene rings is 2. The van der Waals surface area contributed by atoms with Crippen LogP contribution in [0.3, 0.4) is 0 Å². The molecule has 3 heterocycles. The maximum Gasteiger partial charge on any atom is 0.339 e. The van der Waals surface area contributed by atoms with Gasteiger partial charge in [-0.25, -0.2) is 28.7 Å². The predicted octanol–water partition coefficient (Wildman–Crippen LogP) is 2.56. The standard InChI is InChI=1S/C26H19N7O8/c1-2-41-26(40)13-7-18(20-11-32(30-28-20)14-3-5-16(24(36)37)22(34)9-14)27-19(8-13)21-12-33(31-29-21)15-4-6-17(25(38)39)23(35)10-15/h3-12,34-35H,2H2,1H3,(H,36,37)(H,38,39). The number of aromatic nitrogens is 7. The number of carbonyl (C=O) groups excluding carboxylic acids is 1. The van der Waals surface area contributed by atoms with E-state index in [1.54, 1.807) is 6.92 Å². The molecule has 0 bridgehead atoms. The van der Waals surface area contributed by atoms with E-state index in [0.717, 1.165) is 0 Å². The Morgan fingerprint density at radius 2 is 1.20 bits per heavy atom. The van der Waals surface area contributed by atoms with Crippen LogP contribution in [0.5, 0.6) is 11.5 Å². The summed E-state index contributed by atoms with van der Waals surface area (Å²) >= 11 is 0. The second-order valence-corrected chi connectivity index (χ2v) is 8.46. The third-order valence-electron chi connectivity index (χ3n) is 5.80. The first-order valence-corrected chi connectivity index (χ1v) is 11.8. The zero-order valence-electron chi connectivity index (χ0n) is 21.0. The molecule has 0 radical (unpaired) electrons. The first-order chi connectivity index (χ1) is 19.6. The van der Waals surface area contributed by atoms with Gasteiger partial charge in [0.25, 0.3) is 0 Å². The number of aromatic carboxylic acids is 2. The smallest absolute Gasteiger partial charge is 0.339 e.